The number of nitrogens with one attached hydrogen (secondary N) is 1. The molecule has 88 valence electrons. The Morgan fingerprint density at radius 2 is 1.47 bits per heavy atom. The zero-order chi connectivity index (χ0) is 11.9. The smallest absolute Gasteiger partial charge is 0.0876 e. The lowest BCUT2D eigenvalue weighted by Crippen LogP contribution is -2.28. The predicted molar refractivity (Wildman–Crippen MR) is 74.4 cm³/mol. The highest BCUT2D eigenvalue weighted by Crippen LogP contribution is 2.13. The van der Waals surface area contributed by atoms with Gasteiger partial charge in [0.15, 0.2) is 0 Å². The average molecular weight is 226 g/mol. The lowest BCUT2D eigenvalue weighted by Gasteiger charge is -2.24. The van der Waals surface area contributed by atoms with Crippen LogP contribution in [0.1, 0.15) is 6.92 Å². The molecule has 17 heavy (non-hydrogen) atoms. The second kappa shape index (κ2) is 5.94. The summed E-state index contributed by atoms with van der Waals surface area (Å²) in [6, 6.07) is 20.7. The zero-order valence-electron chi connectivity index (χ0n) is 10.1. The Kier molecular flexibility index (Phi) is 4.03. The topological polar surface area (TPSA) is 15.3 Å². The summed E-state index contributed by atoms with van der Waals surface area (Å²) in [4.78, 5) is 2.30. The second-order valence-electron chi connectivity index (χ2n) is 3.89. The van der Waals surface area contributed by atoms with Crippen molar-refractivity contribution in [2.45, 2.75) is 6.92 Å². The van der Waals surface area contributed by atoms with Crippen molar-refractivity contribution in [1.82, 2.24) is 0 Å². The van der Waals surface area contributed by atoms with Crippen molar-refractivity contribution < 1.29 is 0 Å². The molecule has 0 bridgehead atoms. The van der Waals surface area contributed by atoms with E-state index in [0.29, 0.717) is 0 Å². The van der Waals surface area contributed by atoms with Gasteiger partial charge in [-0.2, -0.15) is 0 Å². The van der Waals surface area contributed by atoms with Gasteiger partial charge in [-0.3, -0.25) is 0 Å². The highest BCUT2D eigenvalue weighted by molar-refractivity contribution is 5.49. The van der Waals surface area contributed by atoms with E-state index in [4.69, 9.17) is 0 Å². The number of para-hydroxylation sites is 2. The van der Waals surface area contributed by atoms with Crippen LogP contribution in [0.3, 0.4) is 0 Å². The SMILES string of the molecule is CCN(CNc1ccccc1)c1ccccc1. The van der Waals surface area contributed by atoms with E-state index in [1.54, 1.807) is 0 Å². The number of hydrogen-bond acceptors (Lipinski definition) is 2. The molecule has 0 saturated carbocycles. The first-order valence-corrected chi connectivity index (χ1v) is 5.99. The van der Waals surface area contributed by atoms with Crippen LogP contribution < -0.4 is 10.2 Å². The molecule has 2 aromatic carbocycles. The number of nitrogens with zero attached hydrogens (tertiary/aromatic N) is 1. The molecular formula is C15H18N2. The van der Waals surface area contributed by atoms with Crippen LogP contribution in [0.5, 0.6) is 0 Å². The summed E-state index contributed by atoms with van der Waals surface area (Å²) in [6.07, 6.45) is 0. The first kappa shape index (κ1) is 11.5. The van der Waals surface area contributed by atoms with Gasteiger partial charge in [-0.1, -0.05) is 36.4 Å². The number of benzene rings is 2. The van der Waals surface area contributed by atoms with E-state index in [2.05, 4.69) is 53.5 Å². The molecule has 2 aromatic rings. The van der Waals surface area contributed by atoms with Gasteiger partial charge in [-0.05, 0) is 31.2 Å². The average Bonchev–Trinajstić information content (AvgIpc) is 2.42. The van der Waals surface area contributed by atoms with Gasteiger partial charge in [-0.15, -0.1) is 0 Å². The van der Waals surface area contributed by atoms with Crippen LogP contribution in [0.2, 0.25) is 0 Å². The largest absolute Gasteiger partial charge is 0.368 e. The van der Waals surface area contributed by atoms with Crippen LogP contribution in [-0.2, 0) is 0 Å². The lowest BCUT2D eigenvalue weighted by atomic mass is 10.3. The Bertz CT molecular complexity index is 425. The summed E-state index contributed by atoms with van der Waals surface area (Å²) in [5, 5.41) is 3.42. The van der Waals surface area contributed by atoms with Crippen LogP contribution in [0.25, 0.3) is 0 Å². The van der Waals surface area contributed by atoms with E-state index in [9.17, 15) is 0 Å². The molecule has 2 heteroatoms. The van der Waals surface area contributed by atoms with Gasteiger partial charge >= 0.3 is 0 Å². The molecule has 0 aromatic heterocycles. The Hall–Kier alpha value is -1.96. The first-order valence-electron chi connectivity index (χ1n) is 5.99. The van der Waals surface area contributed by atoms with Crippen molar-refractivity contribution in [2.24, 2.45) is 0 Å². The summed E-state index contributed by atoms with van der Waals surface area (Å²) in [5.74, 6) is 0. The van der Waals surface area contributed by atoms with Crippen LogP contribution in [0, 0.1) is 0 Å². The maximum Gasteiger partial charge on any atom is 0.0876 e. The molecule has 0 aliphatic carbocycles. The standard InChI is InChI=1S/C15H18N2/c1-2-17(15-11-7-4-8-12-15)13-16-14-9-5-3-6-10-14/h3-12,16H,2,13H2,1H3. The first-order chi connectivity index (χ1) is 8.40. The summed E-state index contributed by atoms with van der Waals surface area (Å²) >= 11 is 0. The van der Waals surface area contributed by atoms with Crippen molar-refractivity contribution in [3.8, 4) is 0 Å². The highest BCUT2D eigenvalue weighted by Gasteiger charge is 2.02. The molecule has 0 heterocycles. The molecule has 2 rings (SSSR count). The Morgan fingerprint density at radius 3 is 2.06 bits per heavy atom. The molecule has 2 nitrogen and oxygen atoms in total. The third-order valence-corrected chi connectivity index (χ3v) is 2.75. The molecule has 0 spiro atoms. The minimum Gasteiger partial charge on any atom is -0.368 e. The maximum atomic E-state index is 3.42. The second-order valence-corrected chi connectivity index (χ2v) is 3.89. The van der Waals surface area contributed by atoms with Gasteiger partial charge in [-0.25, -0.2) is 0 Å². The van der Waals surface area contributed by atoms with Crippen molar-refractivity contribution >= 4 is 11.4 Å². The fourth-order valence-corrected chi connectivity index (χ4v) is 1.77. The third kappa shape index (κ3) is 3.25. The molecule has 0 saturated heterocycles. The Balaban J connectivity index is 1.97. The molecule has 0 fully saturated rings. The third-order valence-electron chi connectivity index (χ3n) is 2.75. The minimum absolute atomic E-state index is 0.824. The lowest BCUT2D eigenvalue weighted by molar-refractivity contribution is 0.874. The Morgan fingerprint density at radius 1 is 0.882 bits per heavy atom. The van der Waals surface area contributed by atoms with Crippen molar-refractivity contribution in [3.63, 3.8) is 0 Å². The highest BCUT2D eigenvalue weighted by atomic mass is 15.2. The van der Waals surface area contributed by atoms with Crippen molar-refractivity contribution in [1.29, 1.82) is 0 Å². The fourth-order valence-electron chi connectivity index (χ4n) is 1.77. The van der Waals surface area contributed by atoms with E-state index in [-0.39, 0.29) is 0 Å². The molecule has 0 atom stereocenters. The molecule has 1 N–H and O–H groups in total. The van der Waals surface area contributed by atoms with Gasteiger partial charge in [0.05, 0.1) is 6.67 Å². The minimum atomic E-state index is 0.824. The van der Waals surface area contributed by atoms with E-state index < -0.39 is 0 Å². The van der Waals surface area contributed by atoms with Gasteiger partial charge in [0.25, 0.3) is 0 Å². The molecule has 0 radical (unpaired) electrons. The summed E-state index contributed by atoms with van der Waals surface area (Å²) in [6.45, 7) is 3.98. The van der Waals surface area contributed by atoms with Crippen LogP contribution in [0.15, 0.2) is 60.7 Å². The van der Waals surface area contributed by atoms with Crippen LogP contribution in [0.4, 0.5) is 11.4 Å². The maximum absolute atomic E-state index is 3.42. The predicted octanol–water partition coefficient (Wildman–Crippen LogP) is 3.58. The number of anilines is 2. The Labute approximate surface area is 103 Å². The van der Waals surface area contributed by atoms with E-state index in [1.165, 1.54) is 5.69 Å². The molecular weight excluding hydrogens is 208 g/mol. The summed E-state index contributed by atoms with van der Waals surface area (Å²) in [7, 11) is 0. The van der Waals surface area contributed by atoms with E-state index >= 15 is 0 Å². The van der Waals surface area contributed by atoms with Crippen molar-refractivity contribution in [2.75, 3.05) is 23.4 Å². The number of rotatable bonds is 5. The van der Waals surface area contributed by atoms with Crippen LogP contribution >= 0.6 is 0 Å². The van der Waals surface area contributed by atoms with Gasteiger partial charge < -0.3 is 10.2 Å². The zero-order valence-corrected chi connectivity index (χ0v) is 10.1. The fraction of sp³-hybridized carbons (Fsp3) is 0.200. The van der Waals surface area contributed by atoms with E-state index in [1.807, 2.05) is 24.3 Å². The molecule has 0 aliphatic rings. The van der Waals surface area contributed by atoms with Crippen molar-refractivity contribution in [3.05, 3.63) is 60.7 Å². The van der Waals surface area contributed by atoms with Crippen LogP contribution in [-0.4, -0.2) is 13.2 Å². The monoisotopic (exact) mass is 226 g/mol. The quantitative estimate of drug-likeness (QED) is 0.784. The normalized spacial score (nSPS) is 9.94. The van der Waals surface area contributed by atoms with Gasteiger partial charge in [0, 0.05) is 17.9 Å². The molecule has 0 aliphatic heterocycles. The molecule has 0 unspecified atom stereocenters. The van der Waals surface area contributed by atoms with E-state index in [0.717, 1.165) is 18.9 Å². The van der Waals surface area contributed by atoms with Gasteiger partial charge in [0.1, 0.15) is 0 Å². The number of hydrogen-bond donors (Lipinski definition) is 1. The summed E-state index contributed by atoms with van der Waals surface area (Å²) < 4.78 is 0. The molecule has 0 amide bonds. The summed E-state index contributed by atoms with van der Waals surface area (Å²) in [5.41, 5.74) is 2.40. The van der Waals surface area contributed by atoms with Gasteiger partial charge in [0.2, 0.25) is 0 Å².